The molecule has 8 heteroatoms. The number of rotatable bonds is 6. The molecule has 19 heavy (non-hydrogen) atoms. The Morgan fingerprint density at radius 3 is 3.05 bits per heavy atom. The van der Waals surface area contributed by atoms with E-state index in [2.05, 4.69) is 21.6 Å². The first-order valence-corrected chi connectivity index (χ1v) is 8.28. The van der Waals surface area contributed by atoms with Crippen molar-refractivity contribution in [1.29, 1.82) is 0 Å². The van der Waals surface area contributed by atoms with E-state index in [4.69, 9.17) is 5.73 Å². The number of nitrogens with two attached hydrogens (primary N) is 1. The fourth-order valence-electron chi connectivity index (χ4n) is 1.38. The number of hydrogen-bond donors (Lipinski definition) is 2. The molecule has 0 aliphatic heterocycles. The lowest BCUT2D eigenvalue weighted by Crippen LogP contribution is -2.32. The molecule has 1 unspecified atom stereocenters. The Bertz CT molecular complexity index is 526. The zero-order chi connectivity index (χ0) is 13.7. The van der Waals surface area contributed by atoms with Crippen molar-refractivity contribution in [3.63, 3.8) is 0 Å². The summed E-state index contributed by atoms with van der Waals surface area (Å²) in [6.07, 6.45) is 0.868. The number of carbonyl (C=O) groups is 1. The lowest BCUT2D eigenvalue weighted by atomic mass is 10.3. The van der Waals surface area contributed by atoms with Crippen molar-refractivity contribution in [3.8, 4) is 0 Å². The van der Waals surface area contributed by atoms with Crippen LogP contribution < -0.4 is 11.1 Å². The lowest BCUT2D eigenvalue weighted by molar-refractivity contribution is -0.120. The Morgan fingerprint density at radius 2 is 2.42 bits per heavy atom. The standard InChI is InChI=1S/C11H14N4OS3/c1-7(18-11-15-14-10(12)19-11)9(16)13-5-4-8-3-2-6-17-8/h2-3,6-7H,4-5H2,1H3,(H2,12,14)(H,13,16). The second-order valence-corrected chi connectivity index (χ2v) is 7.42. The third kappa shape index (κ3) is 4.48. The van der Waals surface area contributed by atoms with Crippen LogP contribution in [-0.2, 0) is 11.2 Å². The van der Waals surface area contributed by atoms with E-state index in [1.807, 2.05) is 18.4 Å². The van der Waals surface area contributed by atoms with Gasteiger partial charge in [0.15, 0.2) is 4.34 Å². The summed E-state index contributed by atoms with van der Waals surface area (Å²) in [5.74, 6) is 0.00956. The number of nitrogen functional groups attached to an aromatic ring is 1. The second kappa shape index (κ2) is 6.88. The molecule has 0 saturated carbocycles. The Labute approximate surface area is 123 Å². The van der Waals surface area contributed by atoms with Gasteiger partial charge in [-0.25, -0.2) is 0 Å². The number of nitrogens with zero attached hydrogens (tertiary/aromatic N) is 2. The van der Waals surface area contributed by atoms with Crippen molar-refractivity contribution in [2.75, 3.05) is 12.3 Å². The highest BCUT2D eigenvalue weighted by Crippen LogP contribution is 2.27. The molecule has 0 aliphatic carbocycles. The number of carbonyl (C=O) groups excluding carboxylic acids is 1. The van der Waals surface area contributed by atoms with Gasteiger partial charge in [-0.15, -0.1) is 21.5 Å². The zero-order valence-corrected chi connectivity index (χ0v) is 12.8. The van der Waals surface area contributed by atoms with Crippen molar-refractivity contribution < 1.29 is 4.79 Å². The molecule has 2 aromatic heterocycles. The molecule has 2 rings (SSSR count). The van der Waals surface area contributed by atoms with Gasteiger partial charge in [-0.3, -0.25) is 4.79 Å². The van der Waals surface area contributed by atoms with Gasteiger partial charge in [0.25, 0.3) is 0 Å². The van der Waals surface area contributed by atoms with Gasteiger partial charge in [-0.05, 0) is 24.8 Å². The number of anilines is 1. The van der Waals surface area contributed by atoms with Crippen molar-refractivity contribution in [1.82, 2.24) is 15.5 Å². The van der Waals surface area contributed by atoms with Gasteiger partial charge in [-0.2, -0.15) is 0 Å². The summed E-state index contributed by atoms with van der Waals surface area (Å²) in [4.78, 5) is 13.2. The fourth-order valence-corrected chi connectivity index (χ4v) is 3.89. The maximum absolute atomic E-state index is 11.9. The van der Waals surface area contributed by atoms with Crippen LogP contribution >= 0.6 is 34.4 Å². The molecular weight excluding hydrogens is 300 g/mol. The van der Waals surface area contributed by atoms with Crippen LogP contribution in [0.3, 0.4) is 0 Å². The van der Waals surface area contributed by atoms with Gasteiger partial charge in [0.05, 0.1) is 5.25 Å². The smallest absolute Gasteiger partial charge is 0.233 e. The zero-order valence-electron chi connectivity index (χ0n) is 10.3. The van der Waals surface area contributed by atoms with Crippen LogP contribution in [0.1, 0.15) is 11.8 Å². The van der Waals surface area contributed by atoms with E-state index in [1.165, 1.54) is 28.0 Å². The highest BCUT2D eigenvalue weighted by Gasteiger charge is 2.16. The third-order valence-electron chi connectivity index (χ3n) is 2.32. The van der Waals surface area contributed by atoms with Gasteiger partial charge in [0, 0.05) is 11.4 Å². The summed E-state index contributed by atoms with van der Waals surface area (Å²) in [6.45, 7) is 2.51. The summed E-state index contributed by atoms with van der Waals surface area (Å²) < 4.78 is 0.721. The van der Waals surface area contributed by atoms with Crippen molar-refractivity contribution >= 4 is 45.5 Å². The van der Waals surface area contributed by atoms with E-state index in [-0.39, 0.29) is 11.2 Å². The maximum atomic E-state index is 11.9. The first kappa shape index (κ1) is 14.3. The van der Waals surface area contributed by atoms with Crippen LogP contribution in [0.5, 0.6) is 0 Å². The molecule has 0 radical (unpaired) electrons. The molecule has 2 aromatic rings. The molecule has 0 aliphatic rings. The lowest BCUT2D eigenvalue weighted by Gasteiger charge is -2.09. The molecular formula is C11H14N4OS3. The fraction of sp³-hybridized carbons (Fsp3) is 0.364. The number of thioether (sulfide) groups is 1. The van der Waals surface area contributed by atoms with Crippen molar-refractivity contribution in [2.24, 2.45) is 0 Å². The van der Waals surface area contributed by atoms with Crippen molar-refractivity contribution in [2.45, 2.75) is 22.9 Å². The van der Waals surface area contributed by atoms with E-state index in [9.17, 15) is 4.79 Å². The van der Waals surface area contributed by atoms with Gasteiger partial charge >= 0.3 is 0 Å². The first-order chi connectivity index (χ1) is 9.15. The molecule has 2 heterocycles. The summed E-state index contributed by atoms with van der Waals surface area (Å²) in [5.41, 5.74) is 5.50. The minimum absolute atomic E-state index is 0.00956. The van der Waals surface area contributed by atoms with Crippen LogP contribution in [0, 0.1) is 0 Å². The normalized spacial score (nSPS) is 12.3. The number of amides is 1. The molecule has 0 spiro atoms. The summed E-state index contributed by atoms with van der Waals surface area (Å²) in [7, 11) is 0. The molecule has 102 valence electrons. The van der Waals surface area contributed by atoms with Gasteiger partial charge in [0.2, 0.25) is 11.0 Å². The maximum Gasteiger partial charge on any atom is 0.233 e. The van der Waals surface area contributed by atoms with Crippen LogP contribution in [0.2, 0.25) is 0 Å². The Balaban J connectivity index is 1.73. The number of aromatic nitrogens is 2. The Hall–Kier alpha value is -1.12. The van der Waals surface area contributed by atoms with Crippen molar-refractivity contribution in [3.05, 3.63) is 22.4 Å². The number of thiophene rings is 1. The van der Waals surface area contributed by atoms with E-state index in [1.54, 1.807) is 11.3 Å². The van der Waals surface area contributed by atoms with Crippen LogP contribution in [-0.4, -0.2) is 27.9 Å². The molecule has 1 atom stereocenters. The second-order valence-electron chi connectivity index (χ2n) is 3.79. The monoisotopic (exact) mass is 314 g/mol. The van der Waals surface area contributed by atoms with E-state index in [0.29, 0.717) is 11.7 Å². The van der Waals surface area contributed by atoms with E-state index in [0.717, 1.165) is 10.8 Å². The summed E-state index contributed by atoms with van der Waals surface area (Å²) in [6, 6.07) is 4.08. The molecule has 5 nitrogen and oxygen atoms in total. The van der Waals surface area contributed by atoms with E-state index >= 15 is 0 Å². The molecule has 0 bridgehead atoms. The first-order valence-electron chi connectivity index (χ1n) is 5.71. The highest BCUT2D eigenvalue weighted by atomic mass is 32.2. The van der Waals surface area contributed by atoms with Gasteiger partial charge < -0.3 is 11.1 Å². The largest absolute Gasteiger partial charge is 0.374 e. The summed E-state index contributed by atoms with van der Waals surface area (Å²) in [5, 5.41) is 12.8. The molecule has 0 aromatic carbocycles. The average molecular weight is 314 g/mol. The van der Waals surface area contributed by atoms with Crippen LogP contribution in [0.25, 0.3) is 0 Å². The Kier molecular flexibility index (Phi) is 5.17. The summed E-state index contributed by atoms with van der Waals surface area (Å²) >= 11 is 4.37. The minimum atomic E-state index is -0.198. The topological polar surface area (TPSA) is 80.9 Å². The van der Waals surface area contributed by atoms with Crippen LogP contribution in [0.15, 0.2) is 21.9 Å². The molecule has 0 fully saturated rings. The predicted octanol–water partition coefficient (Wildman–Crippen LogP) is 2.02. The third-order valence-corrected chi connectivity index (χ3v) is 5.19. The van der Waals surface area contributed by atoms with Gasteiger partial charge in [0.1, 0.15) is 0 Å². The highest BCUT2D eigenvalue weighted by molar-refractivity contribution is 8.02. The number of hydrogen-bond acceptors (Lipinski definition) is 7. The molecule has 1 amide bonds. The SMILES string of the molecule is CC(Sc1nnc(N)s1)C(=O)NCCc1cccs1. The van der Waals surface area contributed by atoms with E-state index < -0.39 is 0 Å². The molecule has 3 N–H and O–H groups in total. The average Bonchev–Trinajstić information content (AvgIpc) is 3.01. The number of nitrogens with one attached hydrogen (secondary N) is 1. The minimum Gasteiger partial charge on any atom is -0.374 e. The molecule has 0 saturated heterocycles. The Morgan fingerprint density at radius 1 is 1.58 bits per heavy atom. The quantitative estimate of drug-likeness (QED) is 0.797. The predicted molar refractivity (Wildman–Crippen MR) is 80.7 cm³/mol. The van der Waals surface area contributed by atoms with Crippen LogP contribution in [0.4, 0.5) is 5.13 Å². The van der Waals surface area contributed by atoms with Gasteiger partial charge in [-0.1, -0.05) is 29.2 Å².